The second-order valence-electron chi connectivity index (χ2n) is 3.36. The van der Waals surface area contributed by atoms with Crippen molar-refractivity contribution in [3.63, 3.8) is 0 Å². The highest BCUT2D eigenvalue weighted by Gasteiger charge is 2.04. The van der Waals surface area contributed by atoms with Gasteiger partial charge in [0.05, 0.1) is 12.8 Å². The van der Waals surface area contributed by atoms with Gasteiger partial charge in [-0.1, -0.05) is 0 Å². The van der Waals surface area contributed by atoms with Gasteiger partial charge in [0.25, 0.3) is 0 Å². The molecule has 0 aliphatic carbocycles. The van der Waals surface area contributed by atoms with Gasteiger partial charge in [0.15, 0.2) is 0 Å². The molecular weight excluding hydrogens is 196 g/mol. The lowest BCUT2D eigenvalue weighted by molar-refractivity contribution is 0.311. The Morgan fingerprint density at radius 3 is 2.93 bits per heavy atom. The van der Waals surface area contributed by atoms with E-state index in [1.54, 1.807) is 6.26 Å². The van der Waals surface area contributed by atoms with Crippen LogP contribution in [0.2, 0.25) is 0 Å². The zero-order valence-corrected chi connectivity index (χ0v) is 9.64. The van der Waals surface area contributed by atoms with Crippen LogP contribution >= 0.6 is 11.8 Å². The molecule has 4 heteroatoms. The van der Waals surface area contributed by atoms with E-state index in [1.807, 2.05) is 17.8 Å². The zero-order valence-electron chi connectivity index (χ0n) is 8.82. The van der Waals surface area contributed by atoms with Crippen LogP contribution in [0.4, 0.5) is 0 Å². The van der Waals surface area contributed by atoms with Gasteiger partial charge in [0, 0.05) is 24.4 Å². The van der Waals surface area contributed by atoms with E-state index in [2.05, 4.69) is 18.2 Å². The Kier molecular flexibility index (Phi) is 5.07. The van der Waals surface area contributed by atoms with E-state index in [9.17, 15) is 0 Å². The summed E-state index contributed by atoms with van der Waals surface area (Å²) < 4.78 is 5.38. The van der Waals surface area contributed by atoms with Gasteiger partial charge in [0.1, 0.15) is 5.76 Å². The number of hydrogen-bond donors (Lipinski definition) is 1. The Labute approximate surface area is 89.6 Å². The van der Waals surface area contributed by atoms with Crippen molar-refractivity contribution in [3.8, 4) is 0 Å². The topological polar surface area (TPSA) is 42.4 Å². The molecule has 2 N–H and O–H groups in total. The van der Waals surface area contributed by atoms with Gasteiger partial charge in [-0.05, 0) is 19.4 Å². The molecular formula is C10H18N2OS. The van der Waals surface area contributed by atoms with Crippen molar-refractivity contribution < 1.29 is 4.42 Å². The molecule has 0 saturated carbocycles. The summed E-state index contributed by atoms with van der Waals surface area (Å²) in [6, 6.07) is 2.02. The fraction of sp³-hybridized carbons (Fsp3) is 0.600. The third-order valence-electron chi connectivity index (χ3n) is 2.05. The third-order valence-corrected chi connectivity index (χ3v) is 2.64. The molecule has 0 aliphatic heterocycles. The van der Waals surface area contributed by atoms with Gasteiger partial charge in [-0.2, -0.15) is 11.8 Å². The Bertz CT molecular complexity index is 262. The maximum absolute atomic E-state index is 5.50. The molecule has 0 fully saturated rings. The van der Waals surface area contributed by atoms with Gasteiger partial charge < -0.3 is 10.2 Å². The van der Waals surface area contributed by atoms with E-state index in [1.165, 1.54) is 0 Å². The minimum absolute atomic E-state index is 0.554. The van der Waals surface area contributed by atoms with Gasteiger partial charge in [0.2, 0.25) is 0 Å². The first kappa shape index (κ1) is 11.6. The average molecular weight is 214 g/mol. The maximum atomic E-state index is 5.50. The molecule has 0 aromatic carbocycles. The number of furan rings is 1. The minimum atomic E-state index is 0.554. The molecule has 0 atom stereocenters. The van der Waals surface area contributed by atoms with Crippen LogP contribution in [0.5, 0.6) is 0 Å². The van der Waals surface area contributed by atoms with Crippen LogP contribution < -0.4 is 5.73 Å². The van der Waals surface area contributed by atoms with E-state index in [4.69, 9.17) is 10.2 Å². The molecule has 0 aliphatic rings. The van der Waals surface area contributed by atoms with Gasteiger partial charge in [-0.25, -0.2) is 0 Å². The van der Waals surface area contributed by atoms with E-state index in [0.717, 1.165) is 30.2 Å². The van der Waals surface area contributed by atoms with Crippen LogP contribution in [0, 0.1) is 0 Å². The molecule has 0 saturated heterocycles. The highest BCUT2D eigenvalue weighted by atomic mass is 32.2. The molecule has 0 amide bonds. The summed E-state index contributed by atoms with van der Waals surface area (Å²) in [4.78, 5) is 2.25. The van der Waals surface area contributed by atoms with Crippen LogP contribution in [0.15, 0.2) is 16.7 Å². The maximum Gasteiger partial charge on any atom is 0.118 e. The summed E-state index contributed by atoms with van der Waals surface area (Å²) in [5.41, 5.74) is 6.57. The fourth-order valence-corrected chi connectivity index (χ4v) is 1.70. The average Bonchev–Trinajstić information content (AvgIpc) is 2.62. The molecule has 3 nitrogen and oxygen atoms in total. The Morgan fingerprint density at radius 2 is 2.36 bits per heavy atom. The quantitative estimate of drug-likeness (QED) is 0.780. The molecule has 0 unspecified atom stereocenters. The molecule has 1 aromatic rings. The second kappa shape index (κ2) is 6.11. The lowest BCUT2D eigenvalue weighted by Gasteiger charge is -2.13. The lowest BCUT2D eigenvalue weighted by Crippen LogP contribution is -2.20. The predicted octanol–water partition coefficient (Wildman–Crippen LogP) is 1.53. The molecule has 1 aromatic heterocycles. The first-order valence-corrected chi connectivity index (χ1v) is 6.09. The first-order chi connectivity index (χ1) is 6.76. The molecule has 1 rings (SSSR count). The molecule has 0 spiro atoms. The van der Waals surface area contributed by atoms with Gasteiger partial charge in [-0.3, -0.25) is 4.90 Å². The Hall–Kier alpha value is -0.450. The van der Waals surface area contributed by atoms with Crippen LogP contribution in [-0.4, -0.2) is 30.5 Å². The van der Waals surface area contributed by atoms with Crippen molar-refractivity contribution in [2.45, 2.75) is 13.1 Å². The fourth-order valence-electron chi connectivity index (χ4n) is 1.21. The number of nitrogens with zero attached hydrogens (tertiary/aromatic N) is 1. The number of nitrogens with two attached hydrogens (primary N) is 1. The Balaban J connectivity index is 2.35. The summed E-state index contributed by atoms with van der Waals surface area (Å²) in [6.07, 6.45) is 3.85. The van der Waals surface area contributed by atoms with Gasteiger partial charge in [-0.15, -0.1) is 0 Å². The lowest BCUT2D eigenvalue weighted by atomic mass is 10.3. The predicted molar refractivity (Wildman–Crippen MR) is 61.3 cm³/mol. The van der Waals surface area contributed by atoms with Crippen molar-refractivity contribution in [2.75, 3.05) is 25.6 Å². The summed E-state index contributed by atoms with van der Waals surface area (Å²) >= 11 is 1.86. The smallest absolute Gasteiger partial charge is 0.118 e. The molecule has 14 heavy (non-hydrogen) atoms. The Morgan fingerprint density at radius 1 is 1.57 bits per heavy atom. The van der Waals surface area contributed by atoms with Crippen molar-refractivity contribution in [1.82, 2.24) is 4.90 Å². The van der Waals surface area contributed by atoms with Crippen LogP contribution in [0.1, 0.15) is 11.3 Å². The SMILES string of the molecule is CSCCN(C)Cc1cc(CN)co1. The van der Waals surface area contributed by atoms with E-state index in [0.29, 0.717) is 6.54 Å². The molecule has 0 bridgehead atoms. The summed E-state index contributed by atoms with van der Waals surface area (Å²) in [5, 5.41) is 0. The molecule has 1 heterocycles. The zero-order chi connectivity index (χ0) is 10.4. The van der Waals surface area contributed by atoms with Crippen molar-refractivity contribution in [2.24, 2.45) is 5.73 Å². The minimum Gasteiger partial charge on any atom is -0.468 e. The van der Waals surface area contributed by atoms with Crippen LogP contribution in [0.3, 0.4) is 0 Å². The third kappa shape index (κ3) is 3.74. The summed E-state index contributed by atoms with van der Waals surface area (Å²) in [6.45, 7) is 2.50. The van der Waals surface area contributed by atoms with Crippen molar-refractivity contribution in [3.05, 3.63) is 23.7 Å². The molecule has 0 radical (unpaired) electrons. The monoisotopic (exact) mass is 214 g/mol. The number of rotatable bonds is 6. The highest BCUT2D eigenvalue weighted by molar-refractivity contribution is 7.98. The first-order valence-electron chi connectivity index (χ1n) is 4.70. The highest BCUT2D eigenvalue weighted by Crippen LogP contribution is 2.09. The van der Waals surface area contributed by atoms with Crippen LogP contribution in [0.25, 0.3) is 0 Å². The summed E-state index contributed by atoms with van der Waals surface area (Å²) in [7, 11) is 2.10. The summed E-state index contributed by atoms with van der Waals surface area (Å²) in [5.74, 6) is 2.15. The van der Waals surface area contributed by atoms with E-state index < -0.39 is 0 Å². The largest absolute Gasteiger partial charge is 0.468 e. The molecule has 80 valence electrons. The van der Waals surface area contributed by atoms with Crippen LogP contribution in [-0.2, 0) is 13.1 Å². The van der Waals surface area contributed by atoms with Crippen molar-refractivity contribution >= 4 is 11.8 Å². The standard InChI is InChI=1S/C10H18N2OS/c1-12(3-4-14-2)7-10-5-9(6-11)8-13-10/h5,8H,3-4,6-7,11H2,1-2H3. The van der Waals surface area contributed by atoms with E-state index >= 15 is 0 Å². The normalized spacial score (nSPS) is 11.1. The number of hydrogen-bond acceptors (Lipinski definition) is 4. The second-order valence-corrected chi connectivity index (χ2v) is 4.34. The number of thioether (sulfide) groups is 1. The van der Waals surface area contributed by atoms with Gasteiger partial charge >= 0.3 is 0 Å². The van der Waals surface area contributed by atoms with E-state index in [-0.39, 0.29) is 0 Å². The van der Waals surface area contributed by atoms with Crippen molar-refractivity contribution in [1.29, 1.82) is 0 Å².